The van der Waals surface area contributed by atoms with Crippen molar-refractivity contribution < 1.29 is 0 Å². The number of hydrogen-bond donors (Lipinski definition) is 1. The molecule has 2 N–H and O–H groups in total. The van der Waals surface area contributed by atoms with E-state index in [1.807, 2.05) is 12.3 Å². The normalized spacial score (nSPS) is 22.4. The van der Waals surface area contributed by atoms with Gasteiger partial charge in [0.1, 0.15) is 12.5 Å². The summed E-state index contributed by atoms with van der Waals surface area (Å²) in [7, 11) is 0. The lowest BCUT2D eigenvalue weighted by molar-refractivity contribution is 0.170. The molecule has 1 atom stereocenters. The third-order valence-electron chi connectivity index (χ3n) is 4.01. The van der Waals surface area contributed by atoms with Gasteiger partial charge in [0.15, 0.2) is 0 Å². The van der Waals surface area contributed by atoms with Crippen molar-refractivity contribution in [1.82, 2.24) is 9.80 Å². The van der Waals surface area contributed by atoms with Gasteiger partial charge in [-0.25, -0.2) is 0 Å². The lowest BCUT2D eigenvalue weighted by Crippen LogP contribution is -2.46. The highest BCUT2D eigenvalue weighted by molar-refractivity contribution is 9.10. The molecule has 2 aliphatic rings. The molecule has 0 amide bonds. The Kier molecular flexibility index (Phi) is 4.60. The van der Waals surface area contributed by atoms with Crippen LogP contribution in [0.1, 0.15) is 18.4 Å². The smallest absolute Gasteiger partial charge is 0.111 e. The monoisotopic (exact) mass is 348 g/mol. The summed E-state index contributed by atoms with van der Waals surface area (Å²) in [5, 5.41) is 0. The predicted molar refractivity (Wildman–Crippen MR) is 89.9 cm³/mol. The fraction of sp³-hybridized carbons (Fsp3) is 0.438. The second-order valence-corrected chi connectivity index (χ2v) is 6.49. The van der Waals surface area contributed by atoms with Crippen LogP contribution in [0.4, 0.5) is 0 Å². The maximum absolute atomic E-state index is 6.13. The third-order valence-corrected chi connectivity index (χ3v) is 4.78. The van der Waals surface area contributed by atoms with Crippen molar-refractivity contribution in [2.75, 3.05) is 19.8 Å². The lowest BCUT2D eigenvalue weighted by atomic mass is 10.1. The number of benzene rings is 1. The fourth-order valence-corrected chi connectivity index (χ4v) is 3.34. The van der Waals surface area contributed by atoms with Crippen LogP contribution in [0.2, 0.25) is 0 Å². The van der Waals surface area contributed by atoms with Crippen LogP contribution in [0.3, 0.4) is 0 Å². The summed E-state index contributed by atoms with van der Waals surface area (Å²) in [4.78, 5) is 9.12. The van der Waals surface area contributed by atoms with Crippen molar-refractivity contribution in [3.8, 4) is 0 Å². The molecular weight excluding hydrogens is 328 g/mol. The summed E-state index contributed by atoms with van der Waals surface area (Å²) in [6.07, 6.45) is 6.31. The number of nitrogens with two attached hydrogens (primary N) is 1. The fourth-order valence-electron chi connectivity index (χ4n) is 2.93. The van der Waals surface area contributed by atoms with E-state index in [0.717, 1.165) is 30.5 Å². The summed E-state index contributed by atoms with van der Waals surface area (Å²) < 4.78 is 1.15. The van der Waals surface area contributed by atoms with Gasteiger partial charge in [-0.1, -0.05) is 34.1 Å². The van der Waals surface area contributed by atoms with Crippen molar-refractivity contribution in [1.29, 1.82) is 0 Å². The molecule has 0 radical (unpaired) electrons. The third kappa shape index (κ3) is 3.47. The Bertz CT molecular complexity index is 555. The molecule has 0 aromatic heterocycles. The van der Waals surface area contributed by atoms with E-state index in [2.05, 4.69) is 55.0 Å². The Morgan fingerprint density at radius 3 is 3.00 bits per heavy atom. The topological polar surface area (TPSA) is 44.9 Å². The van der Waals surface area contributed by atoms with E-state index in [9.17, 15) is 0 Å². The maximum atomic E-state index is 6.13. The summed E-state index contributed by atoms with van der Waals surface area (Å²) in [5.41, 5.74) is 7.40. The number of allylic oxidation sites excluding steroid dienone is 1. The maximum Gasteiger partial charge on any atom is 0.111 e. The molecule has 1 fully saturated rings. The van der Waals surface area contributed by atoms with Crippen LogP contribution in [0.25, 0.3) is 0 Å². The molecule has 1 aromatic rings. The van der Waals surface area contributed by atoms with Gasteiger partial charge in [-0.15, -0.1) is 0 Å². The highest BCUT2D eigenvalue weighted by atomic mass is 79.9. The molecule has 0 aliphatic carbocycles. The molecule has 2 aliphatic heterocycles. The molecule has 0 bridgehead atoms. The number of piperidine rings is 1. The zero-order valence-electron chi connectivity index (χ0n) is 12.1. The van der Waals surface area contributed by atoms with E-state index < -0.39 is 0 Å². The van der Waals surface area contributed by atoms with Crippen molar-refractivity contribution in [2.24, 2.45) is 10.7 Å². The zero-order valence-corrected chi connectivity index (χ0v) is 13.7. The molecule has 3 rings (SSSR count). The molecule has 112 valence electrons. The standard InChI is InChI=1S/C16H21BrN4/c17-15-6-2-1-4-13(15)10-21-12-19-8-7-16(21)20-9-3-5-14(18)11-20/h1-2,4,6-8,14H,3,5,9-12,18H2/t14-/m1/s1. The van der Waals surface area contributed by atoms with Crippen molar-refractivity contribution in [3.63, 3.8) is 0 Å². The van der Waals surface area contributed by atoms with Crippen LogP contribution >= 0.6 is 15.9 Å². The highest BCUT2D eigenvalue weighted by Gasteiger charge is 2.23. The molecule has 0 saturated carbocycles. The van der Waals surface area contributed by atoms with Gasteiger partial charge in [0, 0.05) is 36.4 Å². The van der Waals surface area contributed by atoms with Crippen LogP contribution in [0, 0.1) is 0 Å². The summed E-state index contributed by atoms with van der Waals surface area (Å²) in [5.74, 6) is 1.25. The Balaban J connectivity index is 1.76. The Morgan fingerprint density at radius 1 is 1.33 bits per heavy atom. The quantitative estimate of drug-likeness (QED) is 0.912. The summed E-state index contributed by atoms with van der Waals surface area (Å²) in [6, 6.07) is 8.64. The Hall–Kier alpha value is -1.33. The van der Waals surface area contributed by atoms with Crippen LogP contribution in [-0.2, 0) is 6.54 Å². The number of rotatable bonds is 3. The lowest BCUT2D eigenvalue weighted by Gasteiger charge is -2.40. The number of aliphatic imine (C=N–C) groups is 1. The van der Waals surface area contributed by atoms with Gasteiger partial charge in [-0.3, -0.25) is 4.99 Å². The first-order chi connectivity index (χ1) is 10.2. The number of nitrogens with zero attached hydrogens (tertiary/aromatic N) is 3. The molecule has 0 unspecified atom stereocenters. The number of likely N-dealkylation sites (tertiary alicyclic amines) is 1. The molecule has 2 heterocycles. The minimum absolute atomic E-state index is 0.281. The SMILES string of the molecule is N[C@@H]1CCCN(C2=CC=NCN2Cc2ccccc2Br)C1. The summed E-state index contributed by atoms with van der Waals surface area (Å²) >= 11 is 3.63. The molecule has 4 nitrogen and oxygen atoms in total. The molecule has 21 heavy (non-hydrogen) atoms. The molecule has 1 saturated heterocycles. The second kappa shape index (κ2) is 6.62. The Labute approximate surface area is 134 Å². The first-order valence-corrected chi connectivity index (χ1v) is 8.22. The van der Waals surface area contributed by atoms with Crippen molar-refractivity contribution >= 4 is 22.1 Å². The van der Waals surface area contributed by atoms with Crippen molar-refractivity contribution in [2.45, 2.75) is 25.4 Å². The highest BCUT2D eigenvalue weighted by Crippen LogP contribution is 2.24. The van der Waals surface area contributed by atoms with Crippen molar-refractivity contribution in [3.05, 3.63) is 46.2 Å². The van der Waals surface area contributed by atoms with Gasteiger partial charge in [-0.2, -0.15) is 0 Å². The summed E-state index contributed by atoms with van der Waals surface area (Å²) in [6.45, 7) is 3.58. The second-order valence-electron chi connectivity index (χ2n) is 5.64. The predicted octanol–water partition coefficient (Wildman–Crippen LogP) is 2.56. The van der Waals surface area contributed by atoms with E-state index >= 15 is 0 Å². The van der Waals surface area contributed by atoms with Crippen LogP contribution < -0.4 is 5.73 Å². The van der Waals surface area contributed by atoms with E-state index in [0.29, 0.717) is 6.67 Å². The van der Waals surface area contributed by atoms with Gasteiger partial charge in [0.25, 0.3) is 0 Å². The first kappa shape index (κ1) is 14.6. The molecular formula is C16H21BrN4. The van der Waals surface area contributed by atoms with Gasteiger partial charge in [0.05, 0.1) is 0 Å². The average Bonchev–Trinajstić information content (AvgIpc) is 2.50. The first-order valence-electron chi connectivity index (χ1n) is 7.43. The van der Waals surface area contributed by atoms with Gasteiger partial charge >= 0.3 is 0 Å². The molecule has 0 spiro atoms. The average molecular weight is 349 g/mol. The van der Waals surface area contributed by atoms with Crippen LogP contribution in [0.15, 0.2) is 45.6 Å². The van der Waals surface area contributed by atoms with Gasteiger partial charge < -0.3 is 15.5 Å². The van der Waals surface area contributed by atoms with E-state index in [-0.39, 0.29) is 6.04 Å². The Morgan fingerprint density at radius 2 is 2.19 bits per heavy atom. The molecule has 1 aromatic carbocycles. The minimum atomic E-state index is 0.281. The largest absolute Gasteiger partial charge is 0.357 e. The number of hydrogen-bond acceptors (Lipinski definition) is 4. The zero-order chi connectivity index (χ0) is 14.7. The van der Waals surface area contributed by atoms with Gasteiger partial charge in [-0.05, 0) is 30.5 Å². The van der Waals surface area contributed by atoms with Gasteiger partial charge in [0.2, 0.25) is 0 Å². The number of halogens is 1. The van der Waals surface area contributed by atoms with E-state index in [1.165, 1.54) is 17.8 Å². The molecule has 5 heteroatoms. The van der Waals surface area contributed by atoms with Crippen LogP contribution in [-0.4, -0.2) is 41.8 Å². The van der Waals surface area contributed by atoms with Crippen LogP contribution in [0.5, 0.6) is 0 Å². The minimum Gasteiger partial charge on any atom is -0.357 e. The van der Waals surface area contributed by atoms with E-state index in [4.69, 9.17) is 5.73 Å². The van der Waals surface area contributed by atoms with E-state index in [1.54, 1.807) is 0 Å².